The van der Waals surface area contributed by atoms with Gasteiger partial charge < -0.3 is 4.74 Å². The Balaban J connectivity index is 1.80. The van der Waals surface area contributed by atoms with Crippen molar-refractivity contribution in [2.24, 2.45) is 0 Å². The van der Waals surface area contributed by atoms with Crippen LogP contribution in [0.3, 0.4) is 0 Å². The average molecular weight is 382 g/mol. The lowest BCUT2D eigenvalue weighted by atomic mass is 10.1. The molecule has 140 valence electrons. The molecule has 0 saturated carbocycles. The number of ether oxygens (including phenoxy) is 1. The molecule has 0 bridgehead atoms. The molecule has 0 aliphatic carbocycles. The van der Waals surface area contributed by atoms with Gasteiger partial charge in [0.25, 0.3) is 0 Å². The number of thioether (sulfide) groups is 1. The zero-order valence-electron chi connectivity index (χ0n) is 16.0. The Morgan fingerprint density at radius 3 is 2.56 bits per heavy atom. The molecule has 1 heterocycles. The highest BCUT2D eigenvalue weighted by Crippen LogP contribution is 2.28. The highest BCUT2D eigenvalue weighted by atomic mass is 32.2. The maximum absolute atomic E-state index is 12.8. The minimum atomic E-state index is -0.282. The van der Waals surface area contributed by atoms with Crippen LogP contribution in [0.5, 0.6) is 5.75 Å². The molecule has 0 N–H and O–H groups in total. The molecule has 3 aromatic rings. The van der Waals surface area contributed by atoms with Gasteiger partial charge in [-0.3, -0.25) is 9.36 Å². The molecule has 0 amide bonds. The van der Waals surface area contributed by atoms with E-state index in [1.165, 1.54) is 11.8 Å². The minimum Gasteiger partial charge on any atom is -0.494 e. The second-order valence-corrected chi connectivity index (χ2v) is 7.59. The van der Waals surface area contributed by atoms with Crippen LogP contribution in [-0.4, -0.2) is 32.4 Å². The number of hydrogen-bond donors (Lipinski definition) is 0. The Morgan fingerprint density at radius 2 is 1.89 bits per heavy atom. The van der Waals surface area contributed by atoms with Gasteiger partial charge in [-0.1, -0.05) is 23.9 Å². The number of ketones is 1. The first-order valence-electron chi connectivity index (χ1n) is 8.92. The monoisotopic (exact) mass is 381 g/mol. The van der Waals surface area contributed by atoms with Crippen LogP contribution in [-0.2, 0) is 0 Å². The molecule has 6 heteroatoms. The summed E-state index contributed by atoms with van der Waals surface area (Å²) in [6.07, 6.45) is 0. The smallest absolute Gasteiger partial charge is 0.196 e. The fourth-order valence-corrected chi connectivity index (χ4v) is 3.80. The number of aromatic nitrogens is 3. The summed E-state index contributed by atoms with van der Waals surface area (Å²) in [5.41, 5.74) is 2.83. The van der Waals surface area contributed by atoms with Crippen LogP contribution in [0, 0.1) is 13.8 Å². The Kier molecular flexibility index (Phi) is 5.96. The molecule has 0 radical (unpaired) electrons. The molecule has 0 spiro atoms. The molecule has 5 nitrogen and oxygen atoms in total. The van der Waals surface area contributed by atoms with Gasteiger partial charge in [0, 0.05) is 11.3 Å². The van der Waals surface area contributed by atoms with Crippen molar-refractivity contribution in [3.05, 3.63) is 65.5 Å². The summed E-state index contributed by atoms with van der Waals surface area (Å²) in [5, 5.41) is 8.91. The normalized spacial score (nSPS) is 12.0. The molecule has 3 rings (SSSR count). The summed E-state index contributed by atoms with van der Waals surface area (Å²) in [4.78, 5) is 12.8. The van der Waals surface area contributed by atoms with Crippen molar-refractivity contribution < 1.29 is 9.53 Å². The SMILES string of the molecule is CCOc1ccc(C(=O)[C@@H](C)Sc2nnc(C)n2-c2cccc(C)c2)cc1. The van der Waals surface area contributed by atoms with Gasteiger partial charge in [-0.25, -0.2) is 0 Å². The highest BCUT2D eigenvalue weighted by Gasteiger charge is 2.21. The van der Waals surface area contributed by atoms with E-state index >= 15 is 0 Å². The standard InChI is InChI=1S/C21H23N3O2S/c1-5-26-19-11-9-17(10-12-19)20(25)15(3)27-21-23-22-16(4)24(21)18-8-6-7-14(2)13-18/h6-13,15H,5H2,1-4H3/t15-/m1/s1. The van der Waals surface area contributed by atoms with Crippen molar-refractivity contribution in [3.8, 4) is 11.4 Å². The zero-order valence-corrected chi connectivity index (χ0v) is 16.8. The second-order valence-electron chi connectivity index (χ2n) is 6.29. The predicted molar refractivity (Wildman–Crippen MR) is 108 cm³/mol. The molecule has 27 heavy (non-hydrogen) atoms. The van der Waals surface area contributed by atoms with E-state index in [9.17, 15) is 4.79 Å². The molecule has 1 aromatic heterocycles. The van der Waals surface area contributed by atoms with Crippen LogP contribution in [0.15, 0.2) is 53.7 Å². The maximum Gasteiger partial charge on any atom is 0.196 e. The first kappa shape index (κ1) is 19.2. The molecular formula is C21H23N3O2S. The van der Waals surface area contributed by atoms with Gasteiger partial charge in [0.2, 0.25) is 0 Å². The first-order chi connectivity index (χ1) is 13.0. The van der Waals surface area contributed by atoms with E-state index in [0.29, 0.717) is 17.3 Å². The predicted octanol–water partition coefficient (Wildman–Crippen LogP) is 4.65. The fourth-order valence-electron chi connectivity index (χ4n) is 2.81. The Labute approximate surface area is 163 Å². The number of benzene rings is 2. The van der Waals surface area contributed by atoms with E-state index < -0.39 is 0 Å². The lowest BCUT2D eigenvalue weighted by Gasteiger charge is -2.13. The molecule has 0 saturated heterocycles. The third kappa shape index (κ3) is 4.39. The molecule has 0 aliphatic rings. The minimum absolute atomic E-state index is 0.0551. The first-order valence-corrected chi connectivity index (χ1v) is 9.80. The van der Waals surface area contributed by atoms with Crippen molar-refractivity contribution in [2.75, 3.05) is 6.61 Å². The quantitative estimate of drug-likeness (QED) is 0.440. The van der Waals surface area contributed by atoms with E-state index in [1.807, 2.05) is 62.6 Å². The summed E-state index contributed by atoms with van der Waals surface area (Å²) in [6.45, 7) is 8.40. The van der Waals surface area contributed by atoms with Gasteiger partial charge >= 0.3 is 0 Å². The van der Waals surface area contributed by atoms with Crippen molar-refractivity contribution in [2.45, 2.75) is 38.1 Å². The molecule has 0 fully saturated rings. The van der Waals surface area contributed by atoms with Gasteiger partial charge in [0.15, 0.2) is 10.9 Å². The molecule has 0 unspecified atom stereocenters. The van der Waals surface area contributed by atoms with Gasteiger partial charge in [0.1, 0.15) is 11.6 Å². The van der Waals surface area contributed by atoms with Crippen LogP contribution in [0.1, 0.15) is 35.6 Å². The largest absolute Gasteiger partial charge is 0.494 e. The van der Waals surface area contributed by atoms with Crippen LogP contribution in [0.4, 0.5) is 0 Å². The van der Waals surface area contributed by atoms with Gasteiger partial charge in [-0.05, 0) is 69.7 Å². The lowest BCUT2D eigenvalue weighted by Crippen LogP contribution is -2.14. The number of carbonyl (C=O) groups is 1. The maximum atomic E-state index is 12.8. The van der Waals surface area contributed by atoms with Gasteiger partial charge in [0.05, 0.1) is 11.9 Å². The van der Waals surface area contributed by atoms with Crippen LogP contribution < -0.4 is 4.74 Å². The fraction of sp³-hybridized carbons (Fsp3) is 0.286. The Morgan fingerprint density at radius 1 is 1.15 bits per heavy atom. The van der Waals surface area contributed by atoms with Crippen LogP contribution >= 0.6 is 11.8 Å². The van der Waals surface area contributed by atoms with Crippen molar-refractivity contribution >= 4 is 17.5 Å². The van der Waals surface area contributed by atoms with E-state index in [2.05, 4.69) is 16.3 Å². The third-order valence-electron chi connectivity index (χ3n) is 4.16. The van der Waals surface area contributed by atoms with Crippen LogP contribution in [0.25, 0.3) is 5.69 Å². The van der Waals surface area contributed by atoms with E-state index in [0.717, 1.165) is 22.8 Å². The number of nitrogens with zero attached hydrogens (tertiary/aromatic N) is 3. The summed E-state index contributed by atoms with van der Waals surface area (Å²) in [6, 6.07) is 15.4. The zero-order chi connectivity index (χ0) is 19.4. The van der Waals surface area contributed by atoms with Crippen molar-refractivity contribution in [1.29, 1.82) is 0 Å². The summed E-state index contributed by atoms with van der Waals surface area (Å²) < 4.78 is 7.42. The molecule has 0 aliphatic heterocycles. The van der Waals surface area contributed by atoms with E-state index in [1.54, 1.807) is 12.1 Å². The molecular weight excluding hydrogens is 358 g/mol. The summed E-state index contributed by atoms with van der Waals surface area (Å²) >= 11 is 1.42. The molecule has 2 aromatic carbocycles. The summed E-state index contributed by atoms with van der Waals surface area (Å²) in [5.74, 6) is 1.62. The van der Waals surface area contributed by atoms with Crippen molar-refractivity contribution in [1.82, 2.24) is 14.8 Å². The summed E-state index contributed by atoms with van der Waals surface area (Å²) in [7, 11) is 0. The number of aryl methyl sites for hydroxylation is 2. The topological polar surface area (TPSA) is 57.0 Å². The van der Waals surface area contributed by atoms with E-state index in [-0.39, 0.29) is 11.0 Å². The van der Waals surface area contributed by atoms with Gasteiger partial charge in [-0.15, -0.1) is 10.2 Å². The number of hydrogen-bond acceptors (Lipinski definition) is 5. The number of Topliss-reactive ketones (excluding diaryl/α,β-unsaturated/α-hetero) is 1. The second kappa shape index (κ2) is 8.39. The van der Waals surface area contributed by atoms with E-state index in [4.69, 9.17) is 4.74 Å². The Bertz CT molecular complexity index is 935. The third-order valence-corrected chi connectivity index (χ3v) is 5.20. The number of carbonyl (C=O) groups excluding carboxylic acids is 1. The van der Waals surface area contributed by atoms with Crippen molar-refractivity contribution in [3.63, 3.8) is 0 Å². The average Bonchev–Trinajstić information content (AvgIpc) is 3.02. The van der Waals surface area contributed by atoms with Gasteiger partial charge in [-0.2, -0.15) is 0 Å². The highest BCUT2D eigenvalue weighted by molar-refractivity contribution is 8.00. The lowest BCUT2D eigenvalue weighted by molar-refractivity contribution is 0.0994. The van der Waals surface area contributed by atoms with Crippen LogP contribution in [0.2, 0.25) is 0 Å². The Hall–Kier alpha value is -2.60. The number of rotatable bonds is 7. The molecule has 1 atom stereocenters.